The first-order chi connectivity index (χ1) is 18.8. The number of rotatable bonds is 17. The Morgan fingerprint density at radius 2 is 1.48 bits per heavy atom. The highest BCUT2D eigenvalue weighted by atomic mass is 16.6. The first-order valence-electron chi connectivity index (χ1n) is 14.7. The number of carbonyl (C=O) groups excluding carboxylic acids is 4. The van der Waals surface area contributed by atoms with E-state index in [0.29, 0.717) is 18.5 Å². The number of nitrogens with two attached hydrogens (primary N) is 1. The van der Waals surface area contributed by atoms with E-state index in [1.54, 1.807) is 20.8 Å². The molecule has 0 saturated heterocycles. The fraction of sp³-hybridized carbons (Fsp3) is 0.677. The fourth-order valence-electron chi connectivity index (χ4n) is 4.61. The topological polar surface area (TPSA) is 131 Å². The van der Waals surface area contributed by atoms with Crippen LogP contribution in [0.15, 0.2) is 18.2 Å². The number of carbonyl (C=O) groups is 4. The highest BCUT2D eigenvalue weighted by Gasteiger charge is 2.36. The molecule has 40 heavy (non-hydrogen) atoms. The van der Waals surface area contributed by atoms with Crippen molar-refractivity contribution in [2.75, 3.05) is 13.1 Å². The first-order valence-corrected chi connectivity index (χ1v) is 14.7. The number of nitrogens with zero attached hydrogens (tertiary/aromatic N) is 1. The van der Waals surface area contributed by atoms with Crippen LogP contribution in [0.1, 0.15) is 115 Å². The molecule has 1 aromatic carbocycles. The van der Waals surface area contributed by atoms with Crippen molar-refractivity contribution in [1.82, 2.24) is 15.5 Å². The third-order valence-corrected chi connectivity index (χ3v) is 6.38. The number of benzene rings is 1. The third kappa shape index (κ3) is 13.3. The standard InChI is InChI=1S/C31H52N4O5/c1-8-10-12-13-14-15-17-35(29(38)25(21-26(32)36)34-30(39)40-31(5,6)7)27(28(37)33-16-11-9-2)24-19-22(3)18-23(4)20-24/h18-20,25,27H,8-17,21H2,1-7H3,(H2,32,36)(H,33,37)(H,34,39). The number of alkyl carbamates (subject to hydrolysis) is 1. The molecule has 4 N–H and O–H groups in total. The molecule has 2 atom stereocenters. The molecule has 226 valence electrons. The van der Waals surface area contributed by atoms with Gasteiger partial charge in [0.1, 0.15) is 17.7 Å². The molecule has 1 rings (SSSR count). The monoisotopic (exact) mass is 560 g/mol. The number of aryl methyl sites for hydroxylation is 2. The van der Waals surface area contributed by atoms with E-state index in [1.165, 1.54) is 4.90 Å². The average Bonchev–Trinajstić information content (AvgIpc) is 2.82. The number of ether oxygens (including phenoxy) is 1. The van der Waals surface area contributed by atoms with Crippen molar-refractivity contribution in [2.45, 2.75) is 124 Å². The van der Waals surface area contributed by atoms with Crippen LogP contribution in [-0.2, 0) is 19.1 Å². The Labute approximate surface area is 241 Å². The van der Waals surface area contributed by atoms with E-state index in [2.05, 4.69) is 17.6 Å². The van der Waals surface area contributed by atoms with Crippen LogP contribution in [-0.4, -0.2) is 53.4 Å². The smallest absolute Gasteiger partial charge is 0.408 e. The minimum absolute atomic E-state index is 0.287. The third-order valence-electron chi connectivity index (χ3n) is 6.38. The highest BCUT2D eigenvalue weighted by Crippen LogP contribution is 2.26. The lowest BCUT2D eigenvalue weighted by atomic mass is 9.97. The Bertz CT molecular complexity index is 953. The van der Waals surface area contributed by atoms with Gasteiger partial charge in [0.25, 0.3) is 0 Å². The maximum absolute atomic E-state index is 14.1. The normalized spacial score (nSPS) is 12.8. The summed E-state index contributed by atoms with van der Waals surface area (Å²) in [5.41, 5.74) is 7.30. The van der Waals surface area contributed by atoms with E-state index >= 15 is 0 Å². The van der Waals surface area contributed by atoms with E-state index < -0.39 is 42.0 Å². The van der Waals surface area contributed by atoms with Crippen molar-refractivity contribution in [3.8, 4) is 0 Å². The number of nitrogens with one attached hydrogen (secondary N) is 2. The number of hydrogen-bond donors (Lipinski definition) is 3. The quantitative estimate of drug-likeness (QED) is 0.225. The Hall–Kier alpha value is -3.10. The van der Waals surface area contributed by atoms with Crippen molar-refractivity contribution in [3.63, 3.8) is 0 Å². The summed E-state index contributed by atoms with van der Waals surface area (Å²) in [5.74, 6) is -1.59. The van der Waals surface area contributed by atoms with Crippen molar-refractivity contribution >= 4 is 23.8 Å². The summed E-state index contributed by atoms with van der Waals surface area (Å²) in [6, 6.07) is 3.61. The molecule has 0 saturated carbocycles. The van der Waals surface area contributed by atoms with Crippen LogP contribution in [0.3, 0.4) is 0 Å². The molecule has 0 spiro atoms. The second-order valence-corrected chi connectivity index (χ2v) is 11.6. The number of amides is 4. The zero-order valence-corrected chi connectivity index (χ0v) is 25.7. The summed E-state index contributed by atoms with van der Waals surface area (Å²) in [7, 11) is 0. The molecule has 0 heterocycles. The SMILES string of the molecule is CCCCCCCCN(C(=O)C(CC(N)=O)NC(=O)OC(C)(C)C)C(C(=O)NCCCC)c1cc(C)cc(C)c1. The minimum Gasteiger partial charge on any atom is -0.444 e. The van der Waals surface area contributed by atoms with E-state index in [1.807, 2.05) is 39.0 Å². The van der Waals surface area contributed by atoms with Crippen LogP contribution in [0.2, 0.25) is 0 Å². The van der Waals surface area contributed by atoms with Gasteiger partial charge in [-0.15, -0.1) is 0 Å². The summed E-state index contributed by atoms with van der Waals surface area (Å²) in [6.07, 6.45) is 6.44. The van der Waals surface area contributed by atoms with E-state index in [9.17, 15) is 19.2 Å². The molecule has 0 aliphatic rings. The molecule has 0 aromatic heterocycles. The molecular weight excluding hydrogens is 508 g/mol. The Balaban J connectivity index is 3.49. The van der Waals surface area contributed by atoms with Gasteiger partial charge in [0, 0.05) is 13.1 Å². The molecule has 0 aliphatic heterocycles. The number of primary amides is 1. The molecule has 0 bridgehead atoms. The van der Waals surface area contributed by atoms with Gasteiger partial charge in [-0.3, -0.25) is 14.4 Å². The molecule has 9 heteroatoms. The van der Waals surface area contributed by atoms with Crippen LogP contribution in [0.25, 0.3) is 0 Å². The summed E-state index contributed by atoms with van der Waals surface area (Å²) in [4.78, 5) is 54.0. The lowest BCUT2D eigenvalue weighted by Crippen LogP contribution is -2.54. The number of unbranched alkanes of at least 4 members (excludes halogenated alkanes) is 6. The Morgan fingerprint density at radius 3 is 2.02 bits per heavy atom. The van der Waals surface area contributed by atoms with Gasteiger partial charge in [0.15, 0.2) is 0 Å². The molecule has 1 aromatic rings. The lowest BCUT2D eigenvalue weighted by Gasteiger charge is -2.34. The largest absolute Gasteiger partial charge is 0.444 e. The molecule has 0 aliphatic carbocycles. The van der Waals surface area contributed by atoms with Gasteiger partial charge in [-0.2, -0.15) is 0 Å². The van der Waals surface area contributed by atoms with Gasteiger partial charge < -0.3 is 26.0 Å². The van der Waals surface area contributed by atoms with Gasteiger partial charge >= 0.3 is 6.09 Å². The lowest BCUT2D eigenvalue weighted by molar-refractivity contribution is -0.143. The molecule has 9 nitrogen and oxygen atoms in total. The second kappa shape index (κ2) is 17.6. The van der Waals surface area contributed by atoms with Gasteiger partial charge in [0.05, 0.1) is 6.42 Å². The number of hydrogen-bond acceptors (Lipinski definition) is 5. The van der Waals surface area contributed by atoms with Gasteiger partial charge in [0.2, 0.25) is 17.7 Å². The van der Waals surface area contributed by atoms with Gasteiger partial charge in [-0.1, -0.05) is 81.7 Å². The van der Waals surface area contributed by atoms with E-state index in [-0.39, 0.29) is 12.5 Å². The summed E-state index contributed by atoms with van der Waals surface area (Å²) < 4.78 is 5.35. The van der Waals surface area contributed by atoms with Crippen LogP contribution < -0.4 is 16.4 Å². The Morgan fingerprint density at radius 1 is 0.900 bits per heavy atom. The van der Waals surface area contributed by atoms with E-state index in [4.69, 9.17) is 10.5 Å². The zero-order valence-electron chi connectivity index (χ0n) is 25.7. The molecule has 2 unspecified atom stereocenters. The minimum atomic E-state index is -1.27. The maximum Gasteiger partial charge on any atom is 0.408 e. The summed E-state index contributed by atoms with van der Waals surface area (Å²) >= 11 is 0. The highest BCUT2D eigenvalue weighted by molar-refractivity contribution is 5.94. The van der Waals surface area contributed by atoms with E-state index in [0.717, 1.165) is 56.1 Å². The molecule has 4 amide bonds. The average molecular weight is 561 g/mol. The molecular formula is C31H52N4O5. The van der Waals surface area contributed by atoms with Crippen molar-refractivity contribution in [2.24, 2.45) is 5.73 Å². The maximum atomic E-state index is 14.1. The van der Waals surface area contributed by atoms with Crippen LogP contribution in [0.5, 0.6) is 0 Å². The summed E-state index contributed by atoms with van der Waals surface area (Å²) in [6.45, 7) is 14.0. The van der Waals surface area contributed by atoms with Crippen LogP contribution >= 0.6 is 0 Å². The Kier molecular flexibility index (Phi) is 15.3. The fourth-order valence-corrected chi connectivity index (χ4v) is 4.61. The predicted molar refractivity (Wildman–Crippen MR) is 159 cm³/mol. The zero-order chi connectivity index (χ0) is 30.3. The predicted octanol–water partition coefficient (Wildman–Crippen LogP) is 5.22. The van der Waals surface area contributed by atoms with Crippen molar-refractivity contribution in [3.05, 3.63) is 34.9 Å². The second-order valence-electron chi connectivity index (χ2n) is 11.6. The first kappa shape index (κ1) is 34.9. The van der Waals surface area contributed by atoms with Crippen molar-refractivity contribution < 1.29 is 23.9 Å². The van der Waals surface area contributed by atoms with Gasteiger partial charge in [-0.25, -0.2) is 4.79 Å². The summed E-state index contributed by atoms with van der Waals surface area (Å²) in [5, 5.41) is 5.53. The van der Waals surface area contributed by atoms with Gasteiger partial charge in [-0.05, 0) is 53.0 Å². The van der Waals surface area contributed by atoms with Crippen LogP contribution in [0, 0.1) is 13.8 Å². The van der Waals surface area contributed by atoms with Crippen molar-refractivity contribution in [1.29, 1.82) is 0 Å². The van der Waals surface area contributed by atoms with Crippen LogP contribution in [0.4, 0.5) is 4.79 Å². The molecule has 0 fully saturated rings. The molecule has 0 radical (unpaired) electrons.